The van der Waals surface area contributed by atoms with E-state index >= 15 is 0 Å². The molecule has 3 atom stereocenters. The first kappa shape index (κ1) is 30.0. The van der Waals surface area contributed by atoms with Crippen molar-refractivity contribution in [3.05, 3.63) is 40.2 Å². The second-order valence-electron chi connectivity index (χ2n) is 13.6. The molecule has 2 aromatic rings. The van der Waals surface area contributed by atoms with Gasteiger partial charge >= 0.3 is 5.97 Å². The number of thiophene rings is 1. The highest BCUT2D eigenvalue weighted by Crippen LogP contribution is 2.43. The summed E-state index contributed by atoms with van der Waals surface area (Å²) in [6, 6.07) is 7.71. The number of amides is 1. The second kappa shape index (κ2) is 12.8. The Kier molecular flexibility index (Phi) is 9.39. The molecule has 0 bridgehead atoms. The van der Waals surface area contributed by atoms with Gasteiger partial charge in [0, 0.05) is 41.6 Å². The van der Waals surface area contributed by atoms with E-state index < -0.39 is 5.97 Å². The minimum atomic E-state index is -0.948. The highest BCUT2D eigenvalue weighted by Gasteiger charge is 2.42. The number of hydrogen-bond acceptors (Lipinski definition) is 6. The molecular weight excluding hydrogens is 534 g/mol. The lowest BCUT2D eigenvalue weighted by molar-refractivity contribution is -0.124. The highest BCUT2D eigenvalue weighted by molar-refractivity contribution is 7.14. The predicted octanol–water partition coefficient (Wildman–Crippen LogP) is 7.01. The Bertz CT molecular complexity index is 1180. The fraction of sp³-hybridized carbons (Fsp3) is 0.667. The van der Waals surface area contributed by atoms with Gasteiger partial charge in [-0.25, -0.2) is 9.78 Å². The maximum absolute atomic E-state index is 14.4. The topological polar surface area (TPSA) is 83.0 Å². The van der Waals surface area contributed by atoms with Crippen LogP contribution in [0.5, 0.6) is 5.88 Å². The Labute approximate surface area is 249 Å². The van der Waals surface area contributed by atoms with Crippen molar-refractivity contribution in [2.75, 3.05) is 24.5 Å². The maximum Gasteiger partial charge on any atom is 0.348 e. The SMILES string of the molecule is CC1CCC(C(=O)N(c2cc(C(C)(C)C)sc2C(=O)O)C2CCC(Oc3ccccn3)C(CN3CCCC3)C2)CC1. The lowest BCUT2D eigenvalue weighted by Gasteiger charge is -2.43. The third-order valence-electron chi connectivity index (χ3n) is 9.36. The van der Waals surface area contributed by atoms with Crippen molar-refractivity contribution in [2.24, 2.45) is 17.8 Å². The molecule has 3 heterocycles. The molecule has 7 nitrogen and oxygen atoms in total. The molecule has 2 aromatic heterocycles. The fourth-order valence-corrected chi connectivity index (χ4v) is 7.99. The van der Waals surface area contributed by atoms with E-state index in [1.165, 1.54) is 24.2 Å². The standard InChI is InChI=1S/C33H47N3O4S/c1-22-10-12-23(13-11-22)31(37)36(26-20-28(33(2,3)4)41-30(26)32(38)39)25-14-15-27(40-29-9-5-6-16-34-29)24(19-25)21-35-17-7-8-18-35/h5-6,9,16,20,22-25,27H,7-8,10-15,17-19,21H2,1-4H3,(H,38,39). The zero-order chi connectivity index (χ0) is 29.1. The van der Waals surface area contributed by atoms with Crippen LogP contribution in [0, 0.1) is 17.8 Å². The molecule has 41 heavy (non-hydrogen) atoms. The van der Waals surface area contributed by atoms with Crippen molar-refractivity contribution in [1.29, 1.82) is 0 Å². The number of anilines is 1. The van der Waals surface area contributed by atoms with Crippen molar-refractivity contribution < 1.29 is 19.4 Å². The molecule has 2 saturated carbocycles. The highest BCUT2D eigenvalue weighted by atomic mass is 32.1. The van der Waals surface area contributed by atoms with Crippen LogP contribution >= 0.6 is 11.3 Å². The Morgan fingerprint density at radius 1 is 1.10 bits per heavy atom. The molecule has 8 heteroatoms. The van der Waals surface area contributed by atoms with Crippen molar-refractivity contribution >= 4 is 28.9 Å². The minimum Gasteiger partial charge on any atom is -0.477 e. The summed E-state index contributed by atoms with van der Waals surface area (Å²) in [4.78, 5) is 37.2. The number of carbonyl (C=O) groups excluding carboxylic acids is 1. The van der Waals surface area contributed by atoms with E-state index in [0.717, 1.165) is 69.5 Å². The van der Waals surface area contributed by atoms with E-state index in [1.807, 2.05) is 29.2 Å². The lowest BCUT2D eigenvalue weighted by Crippen LogP contribution is -2.51. The largest absolute Gasteiger partial charge is 0.477 e. The molecule has 1 N–H and O–H groups in total. The van der Waals surface area contributed by atoms with Gasteiger partial charge in [0.2, 0.25) is 11.8 Å². The van der Waals surface area contributed by atoms with Crippen molar-refractivity contribution in [3.8, 4) is 5.88 Å². The Morgan fingerprint density at radius 3 is 2.46 bits per heavy atom. The third-order valence-corrected chi connectivity index (χ3v) is 10.9. The quantitative estimate of drug-likeness (QED) is 0.361. The molecule has 0 radical (unpaired) electrons. The molecule has 3 unspecified atom stereocenters. The lowest BCUT2D eigenvalue weighted by atomic mass is 9.79. The minimum absolute atomic E-state index is 0.0146. The fourth-order valence-electron chi connectivity index (χ4n) is 6.94. The van der Waals surface area contributed by atoms with E-state index in [4.69, 9.17) is 4.74 Å². The van der Waals surface area contributed by atoms with Gasteiger partial charge in [-0.15, -0.1) is 11.3 Å². The van der Waals surface area contributed by atoms with Gasteiger partial charge in [0.15, 0.2) is 0 Å². The Hall–Kier alpha value is -2.45. The van der Waals surface area contributed by atoms with Crippen LogP contribution < -0.4 is 9.64 Å². The van der Waals surface area contributed by atoms with Gasteiger partial charge in [-0.1, -0.05) is 33.8 Å². The van der Waals surface area contributed by atoms with E-state index in [1.54, 1.807) is 6.20 Å². The molecule has 0 aromatic carbocycles. The van der Waals surface area contributed by atoms with Crippen LogP contribution in [0.15, 0.2) is 30.5 Å². The molecule has 5 rings (SSSR count). The van der Waals surface area contributed by atoms with Crippen LogP contribution in [0.1, 0.15) is 100 Å². The number of aromatic carboxylic acids is 1. The monoisotopic (exact) mass is 581 g/mol. The molecule has 3 aliphatic rings. The molecular formula is C33H47N3O4S. The number of carbonyl (C=O) groups is 2. The van der Waals surface area contributed by atoms with Gasteiger partial charge in [-0.2, -0.15) is 0 Å². The van der Waals surface area contributed by atoms with Crippen LogP contribution in [0.25, 0.3) is 0 Å². The van der Waals surface area contributed by atoms with Gasteiger partial charge in [-0.05, 0) is 94.3 Å². The summed E-state index contributed by atoms with van der Waals surface area (Å²) in [5.74, 6) is 0.630. The summed E-state index contributed by atoms with van der Waals surface area (Å²) >= 11 is 1.33. The van der Waals surface area contributed by atoms with Crippen LogP contribution in [-0.2, 0) is 10.2 Å². The van der Waals surface area contributed by atoms with Crippen LogP contribution in [0.3, 0.4) is 0 Å². The van der Waals surface area contributed by atoms with Gasteiger partial charge in [0.25, 0.3) is 0 Å². The number of aromatic nitrogens is 1. The summed E-state index contributed by atoms with van der Waals surface area (Å²) in [6.07, 6.45) is 10.5. The third kappa shape index (κ3) is 7.14. The molecule has 2 aliphatic carbocycles. The molecule has 0 spiro atoms. The van der Waals surface area contributed by atoms with Gasteiger partial charge in [0.05, 0.1) is 5.69 Å². The number of carboxylic acids is 1. The van der Waals surface area contributed by atoms with Gasteiger partial charge in [0.1, 0.15) is 11.0 Å². The molecule has 1 amide bonds. The predicted molar refractivity (Wildman–Crippen MR) is 164 cm³/mol. The van der Waals surface area contributed by atoms with Crippen molar-refractivity contribution in [2.45, 2.75) is 103 Å². The van der Waals surface area contributed by atoms with Crippen molar-refractivity contribution in [3.63, 3.8) is 0 Å². The van der Waals surface area contributed by atoms with E-state index in [0.29, 0.717) is 17.5 Å². The number of rotatable bonds is 8. The summed E-state index contributed by atoms with van der Waals surface area (Å²) in [6.45, 7) is 11.7. The number of nitrogens with zero attached hydrogens (tertiary/aromatic N) is 3. The second-order valence-corrected chi connectivity index (χ2v) is 14.7. The first-order valence-corrected chi connectivity index (χ1v) is 16.4. The summed E-state index contributed by atoms with van der Waals surface area (Å²) in [5, 5.41) is 10.3. The van der Waals surface area contributed by atoms with Crippen LogP contribution in [0.2, 0.25) is 0 Å². The first-order valence-electron chi connectivity index (χ1n) is 15.6. The maximum atomic E-state index is 14.4. The zero-order valence-electron chi connectivity index (χ0n) is 25.2. The van der Waals surface area contributed by atoms with Gasteiger partial charge < -0.3 is 19.6 Å². The Morgan fingerprint density at radius 2 is 1.83 bits per heavy atom. The summed E-state index contributed by atoms with van der Waals surface area (Å²) in [5.41, 5.74) is 0.402. The number of hydrogen-bond donors (Lipinski definition) is 1. The van der Waals surface area contributed by atoms with E-state index in [9.17, 15) is 14.7 Å². The van der Waals surface area contributed by atoms with Crippen LogP contribution in [-0.4, -0.2) is 58.6 Å². The van der Waals surface area contributed by atoms with E-state index in [2.05, 4.69) is 37.6 Å². The zero-order valence-corrected chi connectivity index (χ0v) is 26.0. The number of likely N-dealkylation sites (tertiary alicyclic amines) is 1. The van der Waals surface area contributed by atoms with Gasteiger partial charge in [-0.3, -0.25) is 4.79 Å². The first-order chi connectivity index (χ1) is 19.6. The number of pyridine rings is 1. The molecule has 1 saturated heterocycles. The van der Waals surface area contributed by atoms with E-state index in [-0.39, 0.29) is 40.2 Å². The summed E-state index contributed by atoms with van der Waals surface area (Å²) in [7, 11) is 0. The molecule has 1 aliphatic heterocycles. The summed E-state index contributed by atoms with van der Waals surface area (Å²) < 4.78 is 6.48. The average molecular weight is 582 g/mol. The molecule has 3 fully saturated rings. The normalized spacial score (nSPS) is 27.5. The van der Waals surface area contributed by atoms with Crippen molar-refractivity contribution in [1.82, 2.24) is 9.88 Å². The molecule has 224 valence electrons. The smallest absolute Gasteiger partial charge is 0.348 e. The average Bonchev–Trinajstić information content (AvgIpc) is 3.62. The Balaban J connectivity index is 1.48. The number of carboxylic acid groups (broad SMARTS) is 1. The number of ether oxygens (including phenoxy) is 1. The van der Waals surface area contributed by atoms with Crippen LogP contribution in [0.4, 0.5) is 5.69 Å².